The molecule has 7 aromatic rings. The number of nitrogens with one attached hydrogen (secondary N) is 1. The van der Waals surface area contributed by atoms with Crippen LogP contribution in [-0.4, -0.2) is 4.98 Å². The Bertz CT molecular complexity index is 1620. The van der Waals surface area contributed by atoms with E-state index in [1.807, 2.05) is 11.3 Å². The second kappa shape index (κ2) is 7.99. The topological polar surface area (TPSA) is 15.8 Å². The molecule has 0 aliphatic carbocycles. The van der Waals surface area contributed by atoms with E-state index < -0.39 is 0 Å². The van der Waals surface area contributed by atoms with Gasteiger partial charge < -0.3 is 4.98 Å². The lowest BCUT2D eigenvalue weighted by molar-refractivity contribution is 1.53. The zero-order valence-electron chi connectivity index (χ0n) is 17.5. The lowest BCUT2D eigenvalue weighted by atomic mass is 10.0. The summed E-state index contributed by atoms with van der Waals surface area (Å²) in [6, 6.07) is 42.6. The molecule has 0 saturated carbocycles. The minimum Gasteiger partial charge on any atom is -0.354 e. The van der Waals surface area contributed by atoms with E-state index in [0.29, 0.717) is 0 Å². The fraction of sp³-hybridized carbons (Fsp3) is 0. The van der Waals surface area contributed by atoms with E-state index >= 15 is 0 Å². The van der Waals surface area contributed by atoms with Crippen molar-refractivity contribution in [2.45, 2.75) is 0 Å². The van der Waals surface area contributed by atoms with Crippen LogP contribution in [0, 0.1) is 0 Å². The number of hydrogen-bond donors (Lipinski definition) is 1. The first-order valence-corrected chi connectivity index (χ1v) is 11.6. The minimum absolute atomic E-state index is 1.20. The van der Waals surface area contributed by atoms with Gasteiger partial charge >= 0.3 is 0 Å². The van der Waals surface area contributed by atoms with Gasteiger partial charge in [-0.15, -0.1) is 11.3 Å². The third-order valence-electron chi connectivity index (χ3n) is 5.91. The highest BCUT2D eigenvalue weighted by molar-refractivity contribution is 7.25. The number of benzene rings is 5. The summed E-state index contributed by atoms with van der Waals surface area (Å²) in [5.41, 5.74) is 4.92. The summed E-state index contributed by atoms with van der Waals surface area (Å²) in [6.45, 7) is 0. The Balaban J connectivity index is 0.000000131. The summed E-state index contributed by atoms with van der Waals surface area (Å²) in [5, 5.41) is 5.33. The van der Waals surface area contributed by atoms with Gasteiger partial charge in [-0.05, 0) is 23.8 Å². The van der Waals surface area contributed by atoms with Crippen molar-refractivity contribution < 1.29 is 0 Å². The van der Waals surface area contributed by atoms with Crippen molar-refractivity contribution in [3.05, 3.63) is 121 Å². The smallest absolute Gasteiger partial charge is 0.0544 e. The average molecular weight is 428 g/mol. The first kappa shape index (κ1) is 18.9. The van der Waals surface area contributed by atoms with E-state index in [0.717, 1.165) is 0 Å². The third-order valence-corrected chi connectivity index (χ3v) is 7.06. The van der Waals surface area contributed by atoms with Gasteiger partial charge in [-0.3, -0.25) is 0 Å². The van der Waals surface area contributed by atoms with Gasteiger partial charge in [0.2, 0.25) is 0 Å². The van der Waals surface area contributed by atoms with Crippen molar-refractivity contribution in [2.75, 3.05) is 0 Å². The number of fused-ring (bicyclic) bond motifs is 6. The van der Waals surface area contributed by atoms with Crippen molar-refractivity contribution >= 4 is 53.3 Å². The van der Waals surface area contributed by atoms with Crippen LogP contribution < -0.4 is 0 Å². The van der Waals surface area contributed by atoms with Gasteiger partial charge in [0.15, 0.2) is 0 Å². The maximum absolute atomic E-state index is 3.55. The number of thiophene rings is 1. The Hall–Kier alpha value is -3.88. The number of aromatic nitrogens is 1. The SMILES string of the molecule is c1ccc(-c2cccc3c2[nH]c2ccccc23)cc1.c1ccc2c(c1)sc1ccccc12. The Labute approximate surface area is 190 Å². The van der Waals surface area contributed by atoms with E-state index in [4.69, 9.17) is 0 Å². The quantitative estimate of drug-likeness (QED) is 0.269. The molecule has 0 radical (unpaired) electrons. The fourth-order valence-electron chi connectivity index (χ4n) is 4.41. The number of H-pyrrole nitrogens is 1. The van der Waals surface area contributed by atoms with E-state index in [-0.39, 0.29) is 0 Å². The van der Waals surface area contributed by atoms with Crippen LogP contribution >= 0.6 is 11.3 Å². The van der Waals surface area contributed by atoms with E-state index in [1.54, 1.807) is 0 Å². The Morgan fingerprint density at radius 1 is 0.438 bits per heavy atom. The molecule has 152 valence electrons. The molecule has 0 bridgehead atoms. The molecule has 0 spiro atoms. The molecule has 2 heteroatoms. The number of aromatic amines is 1. The Kier molecular flexibility index (Phi) is 4.71. The largest absolute Gasteiger partial charge is 0.354 e. The van der Waals surface area contributed by atoms with Crippen LogP contribution in [0.25, 0.3) is 53.1 Å². The lowest BCUT2D eigenvalue weighted by Crippen LogP contribution is -1.79. The highest BCUT2D eigenvalue weighted by atomic mass is 32.1. The summed E-state index contributed by atoms with van der Waals surface area (Å²) < 4.78 is 2.76. The van der Waals surface area contributed by atoms with Gasteiger partial charge in [0, 0.05) is 42.0 Å². The maximum atomic E-state index is 3.55. The lowest BCUT2D eigenvalue weighted by Gasteiger charge is -2.03. The summed E-state index contributed by atoms with van der Waals surface area (Å²) in [6.07, 6.45) is 0. The van der Waals surface area contributed by atoms with Gasteiger partial charge in [0.05, 0.1) is 5.52 Å². The zero-order valence-corrected chi connectivity index (χ0v) is 18.3. The molecule has 0 aliphatic heterocycles. The molecule has 2 heterocycles. The number of rotatable bonds is 1. The van der Waals surface area contributed by atoms with Crippen LogP contribution in [0.4, 0.5) is 0 Å². The van der Waals surface area contributed by atoms with Crippen LogP contribution in [0.15, 0.2) is 121 Å². The normalized spacial score (nSPS) is 11.1. The second-order valence-electron chi connectivity index (χ2n) is 7.86. The predicted molar refractivity (Wildman–Crippen MR) is 141 cm³/mol. The molecular weight excluding hydrogens is 406 g/mol. The van der Waals surface area contributed by atoms with Crippen molar-refractivity contribution in [1.82, 2.24) is 4.98 Å². The first-order chi connectivity index (χ1) is 15.9. The molecule has 0 atom stereocenters. The van der Waals surface area contributed by atoms with Crippen LogP contribution in [0.1, 0.15) is 0 Å². The molecule has 1 nitrogen and oxygen atoms in total. The molecule has 0 saturated heterocycles. The van der Waals surface area contributed by atoms with E-state index in [1.165, 1.54) is 53.1 Å². The van der Waals surface area contributed by atoms with Gasteiger partial charge in [-0.25, -0.2) is 0 Å². The molecule has 1 N–H and O–H groups in total. The molecule has 7 rings (SSSR count). The van der Waals surface area contributed by atoms with Crippen molar-refractivity contribution in [3.8, 4) is 11.1 Å². The van der Waals surface area contributed by atoms with Gasteiger partial charge in [0.25, 0.3) is 0 Å². The molecule has 32 heavy (non-hydrogen) atoms. The third kappa shape index (κ3) is 3.26. The fourth-order valence-corrected chi connectivity index (χ4v) is 5.51. The van der Waals surface area contributed by atoms with Crippen LogP contribution in [0.5, 0.6) is 0 Å². The molecule has 0 fully saturated rings. The first-order valence-electron chi connectivity index (χ1n) is 10.8. The zero-order chi connectivity index (χ0) is 21.3. The standard InChI is InChI=1S/C18H13N.C12H8S/c1-2-7-13(8-3-1)14-10-6-11-16-15-9-4-5-12-17(15)19-18(14)16;1-3-7-11-9(5-1)10-6-2-4-8-12(10)13-11/h1-12,19H;1-8H. The Morgan fingerprint density at radius 2 is 1.00 bits per heavy atom. The molecule has 0 amide bonds. The van der Waals surface area contributed by atoms with Crippen LogP contribution in [-0.2, 0) is 0 Å². The number of hydrogen-bond acceptors (Lipinski definition) is 1. The second-order valence-corrected chi connectivity index (χ2v) is 8.94. The highest BCUT2D eigenvalue weighted by Gasteiger charge is 2.08. The molecule has 0 aliphatic rings. The molecular formula is C30H21NS. The summed E-state index contributed by atoms with van der Waals surface area (Å²) in [7, 11) is 0. The summed E-state index contributed by atoms with van der Waals surface area (Å²) >= 11 is 1.86. The minimum atomic E-state index is 1.20. The van der Waals surface area contributed by atoms with Crippen LogP contribution in [0.3, 0.4) is 0 Å². The summed E-state index contributed by atoms with van der Waals surface area (Å²) in [5.74, 6) is 0. The summed E-state index contributed by atoms with van der Waals surface area (Å²) in [4.78, 5) is 3.55. The highest BCUT2D eigenvalue weighted by Crippen LogP contribution is 2.33. The molecule has 2 aromatic heterocycles. The van der Waals surface area contributed by atoms with Gasteiger partial charge in [0.1, 0.15) is 0 Å². The van der Waals surface area contributed by atoms with Gasteiger partial charge in [-0.2, -0.15) is 0 Å². The van der Waals surface area contributed by atoms with E-state index in [9.17, 15) is 0 Å². The molecule has 5 aromatic carbocycles. The van der Waals surface area contributed by atoms with Crippen LogP contribution in [0.2, 0.25) is 0 Å². The Morgan fingerprint density at radius 3 is 1.72 bits per heavy atom. The average Bonchev–Trinajstić information content (AvgIpc) is 3.43. The van der Waals surface area contributed by atoms with Crippen molar-refractivity contribution in [1.29, 1.82) is 0 Å². The van der Waals surface area contributed by atoms with Crippen molar-refractivity contribution in [3.63, 3.8) is 0 Å². The van der Waals surface area contributed by atoms with Gasteiger partial charge in [-0.1, -0.05) is 103 Å². The number of para-hydroxylation sites is 2. The van der Waals surface area contributed by atoms with E-state index in [2.05, 4.69) is 126 Å². The monoisotopic (exact) mass is 427 g/mol. The molecule has 0 unspecified atom stereocenters. The van der Waals surface area contributed by atoms with Crippen molar-refractivity contribution in [2.24, 2.45) is 0 Å². The predicted octanol–water partition coefficient (Wildman–Crippen LogP) is 9.04. The maximum Gasteiger partial charge on any atom is 0.0544 e.